The van der Waals surface area contributed by atoms with Crippen LogP contribution in [0.1, 0.15) is 13.8 Å². The van der Waals surface area contributed by atoms with Gasteiger partial charge < -0.3 is 10.1 Å². The third kappa shape index (κ3) is 5.76. The lowest BCUT2D eigenvalue weighted by Gasteiger charge is -2.16. The predicted molar refractivity (Wildman–Crippen MR) is 79.1 cm³/mol. The number of hydrogen-bond donors (Lipinski definition) is 3. The van der Waals surface area contributed by atoms with Gasteiger partial charge in [0.05, 0.1) is 0 Å². The fraction of sp³-hybridized carbons (Fsp3) is 0.333. The van der Waals surface area contributed by atoms with E-state index in [-0.39, 0.29) is 5.91 Å². The Hall–Kier alpha value is -1.53. The minimum atomic E-state index is -0.671. The molecule has 7 heteroatoms. The van der Waals surface area contributed by atoms with Gasteiger partial charge in [0.25, 0.3) is 5.91 Å². The number of amides is 1. The lowest BCUT2D eigenvalue weighted by molar-refractivity contribution is -0.127. The van der Waals surface area contributed by atoms with Gasteiger partial charge in [-0.3, -0.25) is 15.6 Å². The van der Waals surface area contributed by atoms with E-state index in [9.17, 15) is 4.79 Å². The molecule has 0 radical (unpaired) electrons. The summed E-state index contributed by atoms with van der Waals surface area (Å²) in [5.41, 5.74) is 5.03. The summed E-state index contributed by atoms with van der Waals surface area (Å²) in [5.74, 6) is 0.199. The van der Waals surface area contributed by atoms with Gasteiger partial charge in [0.1, 0.15) is 5.75 Å². The maximum absolute atomic E-state index is 11.7. The van der Waals surface area contributed by atoms with Crippen molar-refractivity contribution in [3.8, 4) is 5.75 Å². The number of carbonyl (C=O) groups excluding carboxylic acids is 1. The largest absolute Gasteiger partial charge is 0.481 e. The van der Waals surface area contributed by atoms with Crippen molar-refractivity contribution in [2.45, 2.75) is 20.0 Å². The van der Waals surface area contributed by atoms with Crippen molar-refractivity contribution in [1.29, 1.82) is 0 Å². The van der Waals surface area contributed by atoms with Gasteiger partial charge in [0, 0.05) is 11.6 Å². The summed E-state index contributed by atoms with van der Waals surface area (Å²) >= 11 is 10.7. The quantitative estimate of drug-likeness (QED) is 0.583. The highest BCUT2D eigenvalue weighted by Crippen LogP contribution is 2.18. The van der Waals surface area contributed by atoms with E-state index in [2.05, 4.69) is 16.2 Å². The van der Waals surface area contributed by atoms with E-state index < -0.39 is 6.10 Å². The Morgan fingerprint density at radius 2 is 2.21 bits per heavy atom. The van der Waals surface area contributed by atoms with Crippen LogP contribution in [0, 0.1) is 0 Å². The highest BCUT2D eigenvalue weighted by Gasteiger charge is 2.14. The average Bonchev–Trinajstić information content (AvgIpc) is 2.36. The summed E-state index contributed by atoms with van der Waals surface area (Å²) in [6, 6.07) is 6.85. The molecule has 0 aromatic heterocycles. The summed E-state index contributed by atoms with van der Waals surface area (Å²) in [6.45, 7) is 4.21. The standard InChI is InChI=1S/C12H16ClN3O2S/c1-3-14-12(19)16-15-11(17)8(2)18-10-6-4-5-9(13)7-10/h4-8H,3H2,1-2H3,(H,15,17)(H2,14,16,19)/t8-/m1/s1. The minimum absolute atomic E-state index is 0.333. The number of nitrogens with one attached hydrogen (secondary N) is 3. The van der Waals surface area contributed by atoms with Crippen LogP contribution < -0.4 is 20.9 Å². The first-order chi connectivity index (χ1) is 9.02. The third-order valence-electron chi connectivity index (χ3n) is 2.11. The number of benzene rings is 1. The van der Waals surface area contributed by atoms with E-state index in [1.54, 1.807) is 31.2 Å². The van der Waals surface area contributed by atoms with Gasteiger partial charge in [-0.25, -0.2) is 0 Å². The van der Waals surface area contributed by atoms with Gasteiger partial charge in [0.2, 0.25) is 0 Å². The summed E-state index contributed by atoms with van der Waals surface area (Å²) in [4.78, 5) is 11.7. The normalized spacial score (nSPS) is 11.3. The number of thiocarbonyl (C=S) groups is 1. The number of hydrogen-bond acceptors (Lipinski definition) is 3. The van der Waals surface area contributed by atoms with Gasteiger partial charge in [0.15, 0.2) is 11.2 Å². The van der Waals surface area contributed by atoms with Crippen molar-refractivity contribution in [3.05, 3.63) is 29.3 Å². The van der Waals surface area contributed by atoms with Crippen LogP contribution in [0.15, 0.2) is 24.3 Å². The van der Waals surface area contributed by atoms with Crippen LogP contribution in [0.2, 0.25) is 5.02 Å². The maximum atomic E-state index is 11.7. The number of hydrazine groups is 1. The fourth-order valence-electron chi connectivity index (χ4n) is 1.22. The van der Waals surface area contributed by atoms with Crippen LogP contribution in [0.4, 0.5) is 0 Å². The van der Waals surface area contributed by atoms with Crippen LogP contribution in [0.3, 0.4) is 0 Å². The van der Waals surface area contributed by atoms with E-state index in [4.69, 9.17) is 28.6 Å². The molecule has 1 atom stereocenters. The maximum Gasteiger partial charge on any atom is 0.279 e. The second kappa shape index (κ2) is 7.81. The number of rotatable bonds is 4. The molecular formula is C12H16ClN3O2S. The average molecular weight is 302 g/mol. The second-order valence-electron chi connectivity index (χ2n) is 3.69. The molecule has 104 valence electrons. The Morgan fingerprint density at radius 3 is 2.84 bits per heavy atom. The molecule has 0 aliphatic heterocycles. The van der Waals surface area contributed by atoms with Crippen LogP contribution in [-0.4, -0.2) is 23.7 Å². The van der Waals surface area contributed by atoms with Crippen molar-refractivity contribution in [1.82, 2.24) is 16.2 Å². The van der Waals surface area contributed by atoms with Crippen molar-refractivity contribution in [3.63, 3.8) is 0 Å². The minimum Gasteiger partial charge on any atom is -0.481 e. The van der Waals surface area contributed by atoms with E-state index in [1.807, 2.05) is 6.92 Å². The van der Waals surface area contributed by atoms with Crippen molar-refractivity contribution < 1.29 is 9.53 Å². The van der Waals surface area contributed by atoms with Gasteiger partial charge in [-0.1, -0.05) is 17.7 Å². The van der Waals surface area contributed by atoms with Gasteiger partial charge in [-0.05, 0) is 44.3 Å². The van der Waals surface area contributed by atoms with Crippen molar-refractivity contribution in [2.75, 3.05) is 6.54 Å². The zero-order valence-corrected chi connectivity index (χ0v) is 12.3. The molecule has 0 aliphatic rings. The molecular weight excluding hydrogens is 286 g/mol. The molecule has 0 saturated carbocycles. The molecule has 0 spiro atoms. The molecule has 19 heavy (non-hydrogen) atoms. The van der Waals surface area contributed by atoms with Crippen LogP contribution >= 0.6 is 23.8 Å². The van der Waals surface area contributed by atoms with Gasteiger partial charge >= 0.3 is 0 Å². The molecule has 1 amide bonds. The molecule has 0 bridgehead atoms. The van der Waals surface area contributed by atoms with Gasteiger partial charge in [-0.2, -0.15) is 0 Å². The SMILES string of the molecule is CCNC(=S)NNC(=O)[C@@H](C)Oc1cccc(Cl)c1. The number of ether oxygens (including phenoxy) is 1. The van der Waals surface area contributed by atoms with Crippen LogP contribution in [0.25, 0.3) is 0 Å². The summed E-state index contributed by atoms with van der Waals surface area (Å²) < 4.78 is 5.45. The van der Waals surface area contributed by atoms with E-state index >= 15 is 0 Å². The molecule has 0 heterocycles. The molecule has 1 aromatic rings. The molecule has 1 aromatic carbocycles. The summed E-state index contributed by atoms with van der Waals surface area (Å²) in [5, 5.41) is 3.75. The van der Waals surface area contributed by atoms with Crippen molar-refractivity contribution in [2.24, 2.45) is 0 Å². The van der Waals surface area contributed by atoms with Crippen LogP contribution in [-0.2, 0) is 4.79 Å². The zero-order valence-electron chi connectivity index (χ0n) is 10.7. The van der Waals surface area contributed by atoms with Crippen molar-refractivity contribution >= 4 is 34.8 Å². The first-order valence-electron chi connectivity index (χ1n) is 5.79. The monoisotopic (exact) mass is 301 g/mol. The lowest BCUT2D eigenvalue weighted by Crippen LogP contribution is -2.50. The number of halogens is 1. The van der Waals surface area contributed by atoms with Gasteiger partial charge in [-0.15, -0.1) is 0 Å². The predicted octanol–water partition coefficient (Wildman–Crippen LogP) is 1.62. The summed E-state index contributed by atoms with van der Waals surface area (Å²) in [7, 11) is 0. The first kappa shape index (κ1) is 15.5. The number of carbonyl (C=O) groups is 1. The first-order valence-corrected chi connectivity index (χ1v) is 6.57. The molecule has 0 aliphatic carbocycles. The zero-order chi connectivity index (χ0) is 14.3. The molecule has 1 rings (SSSR count). The smallest absolute Gasteiger partial charge is 0.279 e. The molecule has 0 fully saturated rings. The topological polar surface area (TPSA) is 62.4 Å². The molecule has 5 nitrogen and oxygen atoms in total. The Bertz CT molecular complexity index is 456. The Kier molecular flexibility index (Phi) is 6.38. The Morgan fingerprint density at radius 1 is 1.47 bits per heavy atom. The summed E-state index contributed by atoms with van der Waals surface area (Å²) in [6.07, 6.45) is -0.671. The lowest BCUT2D eigenvalue weighted by atomic mass is 10.3. The third-order valence-corrected chi connectivity index (χ3v) is 2.60. The molecule has 0 unspecified atom stereocenters. The molecule has 0 saturated heterocycles. The molecule has 3 N–H and O–H groups in total. The van der Waals surface area contributed by atoms with Crippen LogP contribution in [0.5, 0.6) is 5.75 Å². The van der Waals surface area contributed by atoms with E-state index in [0.29, 0.717) is 22.4 Å². The highest BCUT2D eigenvalue weighted by molar-refractivity contribution is 7.80. The van der Waals surface area contributed by atoms with E-state index in [0.717, 1.165) is 0 Å². The fourth-order valence-corrected chi connectivity index (χ4v) is 1.60. The second-order valence-corrected chi connectivity index (χ2v) is 4.54. The Labute approximate surface area is 122 Å². The van der Waals surface area contributed by atoms with E-state index in [1.165, 1.54) is 0 Å². The Balaban J connectivity index is 2.42. The highest BCUT2D eigenvalue weighted by atomic mass is 35.5.